The van der Waals surface area contributed by atoms with Gasteiger partial charge in [-0.25, -0.2) is 4.98 Å². The van der Waals surface area contributed by atoms with Crippen LogP contribution >= 0.6 is 11.8 Å². The molecule has 2 aromatic carbocycles. The molecular formula is C20H19N3O3S. The molecule has 0 saturated carbocycles. The Balaban J connectivity index is 1.58. The van der Waals surface area contributed by atoms with Crippen LogP contribution in [0.25, 0.3) is 11.4 Å². The first-order valence-corrected chi connectivity index (χ1v) is 9.60. The number of nitrogens with zero attached hydrogens (tertiary/aromatic N) is 3. The number of carbonyl (C=O) groups is 1. The number of hydrogen-bond donors (Lipinski definition) is 0. The van der Waals surface area contributed by atoms with E-state index in [4.69, 9.17) is 9.47 Å². The van der Waals surface area contributed by atoms with Crippen molar-refractivity contribution < 1.29 is 14.3 Å². The number of thioether (sulfide) groups is 1. The summed E-state index contributed by atoms with van der Waals surface area (Å²) >= 11 is 1.56. The lowest BCUT2D eigenvalue weighted by Gasteiger charge is -2.20. The van der Waals surface area contributed by atoms with Crippen molar-refractivity contribution in [1.82, 2.24) is 14.8 Å². The maximum absolute atomic E-state index is 12.6. The molecule has 1 aliphatic rings. The lowest BCUT2D eigenvalue weighted by Crippen LogP contribution is -2.20. The molecule has 1 atom stereocenters. The number of methoxy groups -OCH3 is 1. The third-order valence-corrected chi connectivity index (χ3v) is 5.53. The van der Waals surface area contributed by atoms with Gasteiger partial charge in [-0.3, -0.25) is 4.79 Å². The number of ether oxygens (including phenoxy) is 2. The molecule has 7 heteroatoms. The third-order valence-electron chi connectivity index (χ3n) is 4.33. The molecule has 27 heavy (non-hydrogen) atoms. The smallest absolute Gasteiger partial charge is 0.250 e. The van der Waals surface area contributed by atoms with E-state index in [1.165, 1.54) is 4.68 Å². The standard InChI is InChI=1S/C20H19N3O3S/c1-3-26-16-10-4-13(5-11-16)17-12-18(24)23-20(27-17)21-19(22-23)14-6-8-15(25-2)9-7-14/h4-11,17H,3,12H2,1-2H3. The number of carbonyl (C=O) groups excluding carboxylic acids is 1. The highest BCUT2D eigenvalue weighted by atomic mass is 32.2. The molecule has 0 bridgehead atoms. The van der Waals surface area contributed by atoms with E-state index in [-0.39, 0.29) is 11.2 Å². The third kappa shape index (κ3) is 3.55. The van der Waals surface area contributed by atoms with Crippen molar-refractivity contribution in [1.29, 1.82) is 0 Å². The van der Waals surface area contributed by atoms with Crippen molar-refractivity contribution >= 4 is 17.7 Å². The lowest BCUT2D eigenvalue weighted by molar-refractivity contribution is 0.0868. The topological polar surface area (TPSA) is 66.2 Å². The first kappa shape index (κ1) is 17.6. The highest BCUT2D eigenvalue weighted by molar-refractivity contribution is 7.99. The fourth-order valence-electron chi connectivity index (χ4n) is 2.94. The Morgan fingerprint density at radius 1 is 1.11 bits per heavy atom. The zero-order valence-electron chi connectivity index (χ0n) is 15.1. The molecule has 0 aliphatic carbocycles. The van der Waals surface area contributed by atoms with Crippen LogP contribution in [0, 0.1) is 0 Å². The van der Waals surface area contributed by atoms with Gasteiger partial charge in [0.2, 0.25) is 0 Å². The SMILES string of the molecule is CCOc1ccc(C2CC(=O)n3nc(-c4ccc(OC)cc4)nc3S2)cc1. The van der Waals surface area contributed by atoms with Gasteiger partial charge in [0.1, 0.15) is 11.5 Å². The minimum Gasteiger partial charge on any atom is -0.497 e. The monoisotopic (exact) mass is 381 g/mol. The van der Waals surface area contributed by atoms with Crippen LogP contribution in [-0.2, 0) is 0 Å². The normalized spacial score (nSPS) is 16.1. The molecule has 1 aliphatic heterocycles. The molecule has 0 saturated heterocycles. The minimum atomic E-state index is -0.0464. The Bertz CT molecular complexity index is 952. The van der Waals surface area contributed by atoms with Crippen molar-refractivity contribution in [3.8, 4) is 22.9 Å². The number of fused-ring (bicyclic) bond motifs is 1. The molecule has 1 unspecified atom stereocenters. The van der Waals surface area contributed by atoms with Gasteiger partial charge in [0.25, 0.3) is 5.91 Å². The van der Waals surface area contributed by atoms with E-state index in [0.29, 0.717) is 24.0 Å². The molecule has 4 rings (SSSR count). The summed E-state index contributed by atoms with van der Waals surface area (Å²) in [5.74, 6) is 2.10. The molecule has 0 amide bonds. The van der Waals surface area contributed by atoms with Gasteiger partial charge < -0.3 is 9.47 Å². The van der Waals surface area contributed by atoms with Crippen LogP contribution in [0.4, 0.5) is 0 Å². The van der Waals surface area contributed by atoms with Crippen molar-refractivity contribution in [2.45, 2.75) is 23.8 Å². The molecule has 138 valence electrons. The predicted octanol–water partition coefficient (Wildman–Crippen LogP) is 4.23. The Labute approximate surface area is 161 Å². The molecule has 6 nitrogen and oxygen atoms in total. The van der Waals surface area contributed by atoms with Crippen LogP contribution < -0.4 is 9.47 Å². The second-order valence-electron chi connectivity index (χ2n) is 6.06. The van der Waals surface area contributed by atoms with Gasteiger partial charge in [0, 0.05) is 17.2 Å². The second-order valence-corrected chi connectivity index (χ2v) is 7.23. The fraction of sp³-hybridized carbons (Fsp3) is 0.250. The summed E-state index contributed by atoms with van der Waals surface area (Å²) in [4.78, 5) is 17.2. The molecule has 0 fully saturated rings. The summed E-state index contributed by atoms with van der Waals surface area (Å²) in [6.07, 6.45) is 0.386. The van der Waals surface area contributed by atoms with E-state index in [0.717, 1.165) is 22.6 Å². The molecule has 3 aromatic rings. The van der Waals surface area contributed by atoms with Gasteiger partial charge in [-0.2, -0.15) is 4.68 Å². The number of benzene rings is 2. The van der Waals surface area contributed by atoms with E-state index in [2.05, 4.69) is 10.1 Å². The van der Waals surface area contributed by atoms with Gasteiger partial charge in [0.15, 0.2) is 11.0 Å². The molecule has 0 spiro atoms. The van der Waals surface area contributed by atoms with Gasteiger partial charge in [-0.05, 0) is 48.9 Å². The van der Waals surface area contributed by atoms with E-state index in [1.54, 1.807) is 18.9 Å². The average molecular weight is 381 g/mol. The molecule has 0 N–H and O–H groups in total. The highest BCUT2D eigenvalue weighted by Crippen LogP contribution is 2.41. The second kappa shape index (κ2) is 7.44. The van der Waals surface area contributed by atoms with E-state index in [1.807, 2.05) is 55.5 Å². The maximum atomic E-state index is 12.6. The molecule has 0 radical (unpaired) electrons. The van der Waals surface area contributed by atoms with Crippen LogP contribution in [0.1, 0.15) is 29.0 Å². The largest absolute Gasteiger partial charge is 0.497 e. The van der Waals surface area contributed by atoms with Crippen molar-refractivity contribution in [3.05, 3.63) is 54.1 Å². The van der Waals surface area contributed by atoms with Gasteiger partial charge >= 0.3 is 0 Å². The van der Waals surface area contributed by atoms with Crippen LogP contribution in [0.5, 0.6) is 11.5 Å². The van der Waals surface area contributed by atoms with Crippen molar-refractivity contribution in [2.75, 3.05) is 13.7 Å². The highest BCUT2D eigenvalue weighted by Gasteiger charge is 2.30. The summed E-state index contributed by atoms with van der Waals surface area (Å²) in [6.45, 7) is 2.59. The Morgan fingerprint density at radius 3 is 2.48 bits per heavy atom. The van der Waals surface area contributed by atoms with Gasteiger partial charge in [0.05, 0.1) is 13.7 Å². The summed E-state index contributed by atoms with van der Waals surface area (Å²) in [7, 11) is 1.62. The Morgan fingerprint density at radius 2 is 1.81 bits per heavy atom. The average Bonchev–Trinajstić information content (AvgIpc) is 3.14. The zero-order chi connectivity index (χ0) is 18.8. The first-order chi connectivity index (χ1) is 13.2. The van der Waals surface area contributed by atoms with Crippen molar-refractivity contribution in [3.63, 3.8) is 0 Å². The molecule has 1 aromatic heterocycles. The van der Waals surface area contributed by atoms with E-state index < -0.39 is 0 Å². The van der Waals surface area contributed by atoms with E-state index >= 15 is 0 Å². The number of aromatic nitrogens is 3. The zero-order valence-corrected chi connectivity index (χ0v) is 15.9. The summed E-state index contributed by atoms with van der Waals surface area (Å²) in [5, 5.41) is 5.04. The van der Waals surface area contributed by atoms with Crippen molar-refractivity contribution in [2.24, 2.45) is 0 Å². The predicted molar refractivity (Wildman–Crippen MR) is 103 cm³/mol. The number of hydrogen-bond acceptors (Lipinski definition) is 6. The van der Waals surface area contributed by atoms with Crippen LogP contribution in [0.2, 0.25) is 0 Å². The summed E-state index contributed by atoms with van der Waals surface area (Å²) in [5.41, 5.74) is 1.93. The maximum Gasteiger partial charge on any atom is 0.250 e. The van der Waals surface area contributed by atoms with Crippen LogP contribution in [0.3, 0.4) is 0 Å². The van der Waals surface area contributed by atoms with Gasteiger partial charge in [-0.1, -0.05) is 23.9 Å². The summed E-state index contributed by atoms with van der Waals surface area (Å²) < 4.78 is 12.1. The fourth-order valence-corrected chi connectivity index (χ4v) is 4.10. The van der Waals surface area contributed by atoms with E-state index in [9.17, 15) is 4.79 Å². The van der Waals surface area contributed by atoms with Gasteiger partial charge in [-0.15, -0.1) is 5.10 Å². The molecule has 2 heterocycles. The van der Waals surface area contributed by atoms with Crippen LogP contribution in [-0.4, -0.2) is 34.4 Å². The lowest BCUT2D eigenvalue weighted by atomic mass is 10.1. The summed E-state index contributed by atoms with van der Waals surface area (Å²) in [6, 6.07) is 15.4. The quantitative estimate of drug-likeness (QED) is 0.659. The molecular weight excluding hydrogens is 362 g/mol. The number of rotatable bonds is 5. The Kier molecular flexibility index (Phi) is 4.85. The first-order valence-electron chi connectivity index (χ1n) is 8.72. The van der Waals surface area contributed by atoms with Crippen LogP contribution in [0.15, 0.2) is 53.7 Å². The Hall–Kier alpha value is -2.80. The minimum absolute atomic E-state index is 0.0218.